The van der Waals surface area contributed by atoms with Gasteiger partial charge >= 0.3 is 0 Å². The van der Waals surface area contributed by atoms with Crippen molar-refractivity contribution in [2.75, 3.05) is 0 Å². The van der Waals surface area contributed by atoms with Crippen molar-refractivity contribution in [3.63, 3.8) is 0 Å². The molecule has 2 aliphatic carbocycles. The molecule has 0 nitrogen and oxygen atoms in total. The number of fused-ring (bicyclic) bond motifs is 1. The van der Waals surface area contributed by atoms with E-state index in [4.69, 9.17) is 0 Å². The van der Waals surface area contributed by atoms with Crippen LogP contribution in [0.1, 0.15) is 46.0 Å². The average molecular weight is 178 g/mol. The Hall–Kier alpha value is -0.260. The standard InChI is InChI=1S/C13H22/c1-10-5-3-4-6-12-8-7-11(2)13(12)9-10/h3-4,10-13H,5-9H2,1-2H3. The van der Waals surface area contributed by atoms with Gasteiger partial charge in [0.05, 0.1) is 0 Å². The van der Waals surface area contributed by atoms with Crippen LogP contribution in [0.2, 0.25) is 0 Å². The summed E-state index contributed by atoms with van der Waals surface area (Å²) in [7, 11) is 0. The highest BCUT2D eigenvalue weighted by molar-refractivity contribution is 4.94. The summed E-state index contributed by atoms with van der Waals surface area (Å²) in [5.74, 6) is 3.98. The van der Waals surface area contributed by atoms with E-state index in [2.05, 4.69) is 26.0 Å². The van der Waals surface area contributed by atoms with Crippen LogP contribution < -0.4 is 0 Å². The van der Waals surface area contributed by atoms with Crippen LogP contribution in [-0.2, 0) is 0 Å². The lowest BCUT2D eigenvalue weighted by molar-refractivity contribution is 0.261. The predicted octanol–water partition coefficient (Wildman–Crippen LogP) is 4.02. The lowest BCUT2D eigenvalue weighted by Gasteiger charge is -2.26. The van der Waals surface area contributed by atoms with Crippen LogP contribution in [0.5, 0.6) is 0 Å². The van der Waals surface area contributed by atoms with E-state index < -0.39 is 0 Å². The number of hydrogen-bond acceptors (Lipinski definition) is 0. The van der Waals surface area contributed by atoms with E-state index in [1.54, 1.807) is 0 Å². The van der Waals surface area contributed by atoms with E-state index >= 15 is 0 Å². The maximum atomic E-state index is 2.46. The fourth-order valence-corrected chi connectivity index (χ4v) is 3.25. The molecule has 0 N–H and O–H groups in total. The van der Waals surface area contributed by atoms with E-state index in [0.29, 0.717) is 0 Å². The molecular weight excluding hydrogens is 156 g/mol. The summed E-state index contributed by atoms with van der Waals surface area (Å²) < 4.78 is 0. The first-order valence-electron chi connectivity index (χ1n) is 5.92. The maximum absolute atomic E-state index is 2.46. The highest BCUT2D eigenvalue weighted by Crippen LogP contribution is 2.43. The van der Waals surface area contributed by atoms with Gasteiger partial charge in [0.2, 0.25) is 0 Å². The largest absolute Gasteiger partial charge is 0.0883 e. The first-order valence-corrected chi connectivity index (χ1v) is 5.92. The van der Waals surface area contributed by atoms with Crippen molar-refractivity contribution < 1.29 is 0 Å². The molecule has 0 heterocycles. The van der Waals surface area contributed by atoms with Crippen molar-refractivity contribution in [3.05, 3.63) is 12.2 Å². The van der Waals surface area contributed by atoms with E-state index in [0.717, 1.165) is 23.7 Å². The van der Waals surface area contributed by atoms with Gasteiger partial charge in [-0.3, -0.25) is 0 Å². The predicted molar refractivity (Wildman–Crippen MR) is 57.5 cm³/mol. The molecule has 0 aliphatic heterocycles. The SMILES string of the molecule is CC1CC=CCC2CCC(C)C2C1. The zero-order valence-corrected chi connectivity index (χ0v) is 9.00. The second-order valence-electron chi connectivity index (χ2n) is 5.26. The van der Waals surface area contributed by atoms with Crippen molar-refractivity contribution >= 4 is 0 Å². The summed E-state index contributed by atoms with van der Waals surface area (Å²) in [5, 5.41) is 0. The van der Waals surface area contributed by atoms with Crippen molar-refractivity contribution in [2.45, 2.75) is 46.0 Å². The Morgan fingerprint density at radius 2 is 1.77 bits per heavy atom. The first-order chi connectivity index (χ1) is 6.27. The summed E-state index contributed by atoms with van der Waals surface area (Å²) in [5.41, 5.74) is 0. The summed E-state index contributed by atoms with van der Waals surface area (Å²) in [6.07, 6.45) is 12.0. The Morgan fingerprint density at radius 1 is 1.00 bits per heavy atom. The number of allylic oxidation sites excluding steroid dienone is 2. The molecule has 1 fully saturated rings. The molecule has 0 heteroatoms. The van der Waals surface area contributed by atoms with Crippen LogP contribution in [0.15, 0.2) is 12.2 Å². The third kappa shape index (κ3) is 1.98. The van der Waals surface area contributed by atoms with Gasteiger partial charge in [-0.2, -0.15) is 0 Å². The molecule has 74 valence electrons. The van der Waals surface area contributed by atoms with Gasteiger partial charge in [-0.1, -0.05) is 32.4 Å². The molecule has 0 saturated heterocycles. The Morgan fingerprint density at radius 3 is 2.62 bits per heavy atom. The van der Waals surface area contributed by atoms with Gasteiger partial charge < -0.3 is 0 Å². The van der Waals surface area contributed by atoms with Gasteiger partial charge in [0.15, 0.2) is 0 Å². The smallest absolute Gasteiger partial charge is 0.0319 e. The van der Waals surface area contributed by atoms with E-state index in [1.807, 2.05) is 0 Å². The Balaban J connectivity index is 2.07. The normalized spacial score (nSPS) is 45.4. The van der Waals surface area contributed by atoms with Crippen LogP contribution in [0, 0.1) is 23.7 Å². The molecule has 4 unspecified atom stereocenters. The molecule has 0 amide bonds. The Labute approximate surface area is 82.4 Å². The molecule has 2 aliphatic rings. The van der Waals surface area contributed by atoms with Gasteiger partial charge in [0.1, 0.15) is 0 Å². The second kappa shape index (κ2) is 3.86. The molecule has 2 rings (SSSR count). The van der Waals surface area contributed by atoms with Gasteiger partial charge in [0, 0.05) is 0 Å². The lowest BCUT2D eigenvalue weighted by Crippen LogP contribution is -2.17. The molecule has 0 aromatic carbocycles. The Bertz CT molecular complexity index is 192. The third-order valence-electron chi connectivity index (χ3n) is 4.15. The van der Waals surface area contributed by atoms with Crippen LogP contribution in [0.3, 0.4) is 0 Å². The van der Waals surface area contributed by atoms with E-state index in [-0.39, 0.29) is 0 Å². The molecule has 0 bridgehead atoms. The van der Waals surface area contributed by atoms with Gasteiger partial charge in [-0.25, -0.2) is 0 Å². The molecule has 13 heavy (non-hydrogen) atoms. The van der Waals surface area contributed by atoms with Gasteiger partial charge in [-0.15, -0.1) is 0 Å². The summed E-state index contributed by atoms with van der Waals surface area (Å²) in [6.45, 7) is 4.88. The van der Waals surface area contributed by atoms with Crippen LogP contribution in [0.25, 0.3) is 0 Å². The number of hydrogen-bond donors (Lipinski definition) is 0. The topological polar surface area (TPSA) is 0 Å². The van der Waals surface area contributed by atoms with Gasteiger partial charge in [0.25, 0.3) is 0 Å². The fraction of sp³-hybridized carbons (Fsp3) is 0.846. The van der Waals surface area contributed by atoms with Crippen molar-refractivity contribution in [2.24, 2.45) is 23.7 Å². The minimum atomic E-state index is 0.921. The van der Waals surface area contributed by atoms with Crippen molar-refractivity contribution in [3.8, 4) is 0 Å². The van der Waals surface area contributed by atoms with E-state index in [9.17, 15) is 0 Å². The van der Waals surface area contributed by atoms with Crippen LogP contribution >= 0.6 is 0 Å². The molecule has 0 aromatic heterocycles. The average Bonchev–Trinajstić information content (AvgIpc) is 2.39. The highest BCUT2D eigenvalue weighted by atomic mass is 14.4. The van der Waals surface area contributed by atoms with Crippen LogP contribution in [0.4, 0.5) is 0 Å². The molecule has 4 atom stereocenters. The summed E-state index contributed by atoms with van der Waals surface area (Å²) in [4.78, 5) is 0. The zero-order chi connectivity index (χ0) is 9.26. The maximum Gasteiger partial charge on any atom is -0.0319 e. The van der Waals surface area contributed by atoms with Crippen molar-refractivity contribution in [1.82, 2.24) is 0 Å². The Kier molecular flexibility index (Phi) is 2.76. The fourth-order valence-electron chi connectivity index (χ4n) is 3.25. The minimum absolute atomic E-state index is 0.921. The van der Waals surface area contributed by atoms with Crippen LogP contribution in [-0.4, -0.2) is 0 Å². The minimum Gasteiger partial charge on any atom is -0.0883 e. The monoisotopic (exact) mass is 178 g/mol. The number of rotatable bonds is 0. The second-order valence-corrected chi connectivity index (χ2v) is 5.26. The zero-order valence-electron chi connectivity index (χ0n) is 9.00. The third-order valence-corrected chi connectivity index (χ3v) is 4.15. The molecule has 0 radical (unpaired) electrons. The first kappa shape index (κ1) is 9.30. The highest BCUT2D eigenvalue weighted by Gasteiger charge is 2.33. The summed E-state index contributed by atoms with van der Waals surface area (Å²) in [6, 6.07) is 0. The lowest BCUT2D eigenvalue weighted by atomic mass is 9.79. The molecule has 1 saturated carbocycles. The van der Waals surface area contributed by atoms with Crippen molar-refractivity contribution in [1.29, 1.82) is 0 Å². The summed E-state index contributed by atoms with van der Waals surface area (Å²) >= 11 is 0. The van der Waals surface area contributed by atoms with E-state index in [1.165, 1.54) is 32.1 Å². The molecule has 0 spiro atoms. The quantitative estimate of drug-likeness (QED) is 0.491. The van der Waals surface area contributed by atoms with Gasteiger partial charge in [-0.05, 0) is 49.4 Å². The molecule has 0 aromatic rings. The molecular formula is C13H22.